The van der Waals surface area contributed by atoms with Crippen LogP contribution in [0.15, 0.2) is 46.2 Å². The van der Waals surface area contributed by atoms with E-state index in [-0.39, 0.29) is 25.0 Å². The third-order valence-electron chi connectivity index (χ3n) is 7.46. The molecule has 3 atom stereocenters. The third-order valence-corrected chi connectivity index (χ3v) is 8.74. The van der Waals surface area contributed by atoms with E-state index < -0.39 is 22.9 Å². The average Bonchev–Trinajstić information content (AvgIpc) is 3.57. The summed E-state index contributed by atoms with van der Waals surface area (Å²) in [6.07, 6.45) is 2.69. The maximum atomic E-state index is 14.0. The summed E-state index contributed by atoms with van der Waals surface area (Å²) in [5.41, 5.74) is -1.43. The molecule has 4 aromatic rings. The topological polar surface area (TPSA) is 124 Å². The SMILES string of the molecule is CCC(C)N1CC(C)(n2c(=O)c3c(C)c(-n4nccn4)sc3n(C[C@H](O)c3ccccc3OC)c2=O)C1=O. The lowest BCUT2D eigenvalue weighted by Gasteiger charge is -2.49. The van der Waals surface area contributed by atoms with Crippen molar-refractivity contribution >= 4 is 27.5 Å². The molecule has 4 heterocycles. The molecular formula is C26H30N6O5S. The molecule has 38 heavy (non-hydrogen) atoms. The Bertz CT molecular complexity index is 1640. The zero-order valence-corrected chi connectivity index (χ0v) is 22.7. The van der Waals surface area contributed by atoms with Crippen molar-refractivity contribution in [3.63, 3.8) is 0 Å². The van der Waals surface area contributed by atoms with Crippen LogP contribution in [-0.2, 0) is 16.9 Å². The first-order valence-corrected chi connectivity index (χ1v) is 13.2. The van der Waals surface area contributed by atoms with Crippen LogP contribution in [0.5, 0.6) is 5.75 Å². The predicted molar refractivity (Wildman–Crippen MR) is 143 cm³/mol. The van der Waals surface area contributed by atoms with Gasteiger partial charge < -0.3 is 14.7 Å². The summed E-state index contributed by atoms with van der Waals surface area (Å²) in [4.78, 5) is 44.8. The number of aliphatic hydroxyl groups excluding tert-OH is 1. The van der Waals surface area contributed by atoms with Crippen LogP contribution in [0.3, 0.4) is 0 Å². The van der Waals surface area contributed by atoms with Crippen molar-refractivity contribution in [2.45, 2.75) is 58.3 Å². The molecule has 5 rings (SSSR count). The van der Waals surface area contributed by atoms with Gasteiger partial charge in [0.25, 0.3) is 11.5 Å². The number of thiophene rings is 1. The number of para-hydroxylation sites is 1. The summed E-state index contributed by atoms with van der Waals surface area (Å²) in [5, 5.41) is 20.5. The van der Waals surface area contributed by atoms with Crippen molar-refractivity contribution in [2.75, 3.05) is 13.7 Å². The van der Waals surface area contributed by atoms with Crippen LogP contribution in [0.2, 0.25) is 0 Å². The second-order valence-corrected chi connectivity index (χ2v) is 10.8. The highest BCUT2D eigenvalue weighted by Gasteiger charge is 2.53. The molecule has 1 amide bonds. The number of hydrogen-bond acceptors (Lipinski definition) is 8. The molecule has 0 saturated carbocycles. The Kier molecular flexibility index (Phi) is 6.48. The first kappa shape index (κ1) is 25.9. The smallest absolute Gasteiger partial charge is 0.333 e. The van der Waals surface area contributed by atoms with E-state index in [4.69, 9.17) is 4.74 Å². The standard InChI is InChI=1S/C26H30N6O5S/c1-6-15(2)30-14-26(4,24(30)35)31-21(34)20-16(3)22(32-27-11-12-28-32)38-23(20)29(25(31)36)13-18(33)17-9-7-8-10-19(17)37-5/h7-12,15,18,33H,6,13-14H2,1-5H3/t15?,18-,26?/m0/s1. The van der Waals surface area contributed by atoms with Crippen molar-refractivity contribution in [3.05, 3.63) is 68.6 Å². The zero-order valence-electron chi connectivity index (χ0n) is 21.9. The number of methoxy groups -OCH3 is 1. The molecule has 12 heteroatoms. The minimum Gasteiger partial charge on any atom is -0.496 e. The van der Waals surface area contributed by atoms with Crippen molar-refractivity contribution < 1.29 is 14.6 Å². The number of aromatic nitrogens is 5. The molecule has 1 fully saturated rings. The summed E-state index contributed by atoms with van der Waals surface area (Å²) in [7, 11) is 1.51. The van der Waals surface area contributed by atoms with E-state index in [9.17, 15) is 19.5 Å². The number of fused-ring (bicyclic) bond motifs is 1. The number of rotatable bonds is 8. The molecule has 0 radical (unpaired) electrons. The number of likely N-dealkylation sites (tertiary alicyclic amines) is 1. The minimum absolute atomic E-state index is 0.00928. The Morgan fingerprint density at radius 1 is 1.18 bits per heavy atom. The number of amides is 1. The maximum absolute atomic E-state index is 14.0. The van der Waals surface area contributed by atoms with Gasteiger partial charge in [-0.05, 0) is 33.3 Å². The number of nitrogens with zero attached hydrogens (tertiary/aromatic N) is 6. The fourth-order valence-electron chi connectivity index (χ4n) is 5.09. The van der Waals surface area contributed by atoms with Gasteiger partial charge in [-0.25, -0.2) is 9.36 Å². The van der Waals surface area contributed by atoms with E-state index in [0.29, 0.717) is 32.1 Å². The highest BCUT2D eigenvalue weighted by Crippen LogP contribution is 2.35. The van der Waals surface area contributed by atoms with Crippen LogP contribution >= 0.6 is 11.3 Å². The van der Waals surface area contributed by atoms with Gasteiger partial charge in [0.05, 0.1) is 38.0 Å². The molecule has 0 spiro atoms. The van der Waals surface area contributed by atoms with E-state index in [1.54, 1.807) is 43.0 Å². The van der Waals surface area contributed by atoms with Crippen molar-refractivity contribution in [1.82, 2.24) is 29.0 Å². The fraction of sp³-hybridized carbons (Fsp3) is 0.423. The van der Waals surface area contributed by atoms with Crippen LogP contribution in [0.25, 0.3) is 15.2 Å². The van der Waals surface area contributed by atoms with Crippen LogP contribution in [-0.4, -0.2) is 59.7 Å². The first-order valence-electron chi connectivity index (χ1n) is 12.4. The van der Waals surface area contributed by atoms with Gasteiger partial charge in [-0.15, -0.1) is 4.80 Å². The van der Waals surface area contributed by atoms with Gasteiger partial charge in [-0.3, -0.25) is 14.2 Å². The Hall–Kier alpha value is -3.77. The first-order chi connectivity index (χ1) is 18.1. The van der Waals surface area contributed by atoms with Crippen LogP contribution < -0.4 is 16.0 Å². The van der Waals surface area contributed by atoms with Crippen molar-refractivity contribution in [2.24, 2.45) is 0 Å². The monoisotopic (exact) mass is 538 g/mol. The van der Waals surface area contributed by atoms with Crippen molar-refractivity contribution in [3.8, 4) is 10.8 Å². The maximum Gasteiger partial charge on any atom is 0.333 e. The van der Waals surface area contributed by atoms with Gasteiger partial charge in [0.2, 0.25) is 0 Å². The summed E-state index contributed by atoms with van der Waals surface area (Å²) < 4.78 is 7.85. The van der Waals surface area contributed by atoms with Crippen LogP contribution in [0, 0.1) is 6.92 Å². The summed E-state index contributed by atoms with van der Waals surface area (Å²) in [6.45, 7) is 7.41. The number of aliphatic hydroxyl groups is 1. The second-order valence-electron chi connectivity index (χ2n) is 9.79. The summed E-state index contributed by atoms with van der Waals surface area (Å²) in [5.74, 6) is 0.204. The lowest BCUT2D eigenvalue weighted by atomic mass is 9.88. The van der Waals surface area contributed by atoms with E-state index in [1.165, 1.54) is 40.2 Å². The van der Waals surface area contributed by atoms with Gasteiger partial charge in [-0.1, -0.05) is 36.5 Å². The minimum atomic E-state index is -1.33. The third kappa shape index (κ3) is 3.78. The molecule has 1 N–H and O–H groups in total. The number of aryl methyl sites for hydroxylation is 1. The number of carbonyl (C=O) groups is 1. The average molecular weight is 539 g/mol. The molecule has 1 aliphatic heterocycles. The van der Waals surface area contributed by atoms with Crippen LogP contribution in [0.1, 0.15) is 44.4 Å². The van der Waals surface area contributed by atoms with Crippen LogP contribution in [0.4, 0.5) is 0 Å². The molecule has 200 valence electrons. The van der Waals surface area contributed by atoms with Gasteiger partial charge in [-0.2, -0.15) is 10.2 Å². The fourth-order valence-corrected chi connectivity index (χ4v) is 6.31. The van der Waals surface area contributed by atoms with E-state index in [0.717, 1.165) is 11.0 Å². The number of benzene rings is 1. The van der Waals surface area contributed by atoms with E-state index in [2.05, 4.69) is 10.2 Å². The lowest BCUT2D eigenvalue weighted by Crippen LogP contribution is -2.72. The molecular weight excluding hydrogens is 508 g/mol. The zero-order chi connectivity index (χ0) is 27.4. The molecule has 1 aliphatic rings. The van der Waals surface area contributed by atoms with Gasteiger partial charge in [0.1, 0.15) is 27.2 Å². The Balaban J connectivity index is 1.73. The van der Waals surface area contributed by atoms with Gasteiger partial charge in [0, 0.05) is 17.2 Å². The Morgan fingerprint density at radius 3 is 2.50 bits per heavy atom. The summed E-state index contributed by atoms with van der Waals surface area (Å²) in [6, 6.07) is 7.00. The van der Waals surface area contributed by atoms with Gasteiger partial charge in [0.15, 0.2) is 0 Å². The molecule has 0 bridgehead atoms. The quantitative estimate of drug-likeness (QED) is 0.341. The molecule has 2 unspecified atom stereocenters. The molecule has 3 aromatic heterocycles. The number of β-lactam (4-membered cyclic amide) rings is 1. The Morgan fingerprint density at radius 2 is 1.87 bits per heavy atom. The highest BCUT2D eigenvalue weighted by atomic mass is 32.1. The molecule has 1 saturated heterocycles. The molecule has 0 aliphatic carbocycles. The number of hydrogen-bond donors (Lipinski definition) is 1. The van der Waals surface area contributed by atoms with Gasteiger partial charge >= 0.3 is 5.69 Å². The Labute approximate surface area is 222 Å². The number of carbonyl (C=O) groups excluding carboxylic acids is 1. The number of ether oxygens (including phenoxy) is 1. The second kappa shape index (κ2) is 9.52. The highest BCUT2D eigenvalue weighted by molar-refractivity contribution is 7.21. The van der Waals surface area contributed by atoms with E-state index in [1.807, 2.05) is 13.8 Å². The summed E-state index contributed by atoms with van der Waals surface area (Å²) >= 11 is 1.19. The normalized spacial score (nSPS) is 19.0. The van der Waals surface area contributed by atoms with Crippen molar-refractivity contribution in [1.29, 1.82) is 0 Å². The largest absolute Gasteiger partial charge is 0.496 e. The predicted octanol–water partition coefficient (Wildman–Crippen LogP) is 2.21. The lowest BCUT2D eigenvalue weighted by molar-refractivity contribution is -0.160. The van der Waals surface area contributed by atoms with E-state index >= 15 is 0 Å². The molecule has 11 nitrogen and oxygen atoms in total. The molecule has 1 aromatic carbocycles.